The van der Waals surface area contributed by atoms with E-state index in [2.05, 4.69) is 14.7 Å². The summed E-state index contributed by atoms with van der Waals surface area (Å²) < 4.78 is 5.80. The number of hydrogen-bond acceptors (Lipinski definition) is 5. The first-order chi connectivity index (χ1) is 10.7. The van der Waals surface area contributed by atoms with Gasteiger partial charge in [0, 0.05) is 32.7 Å². The van der Waals surface area contributed by atoms with E-state index in [0.29, 0.717) is 0 Å². The second-order valence-corrected chi connectivity index (χ2v) is 6.86. The van der Waals surface area contributed by atoms with Crippen LogP contribution < -0.4 is 0 Å². The van der Waals surface area contributed by atoms with Gasteiger partial charge in [0.05, 0.1) is 19.3 Å². The molecule has 0 aromatic carbocycles. The predicted octanol–water partition coefficient (Wildman–Crippen LogP) is 0.877. The molecule has 0 aromatic heterocycles. The summed E-state index contributed by atoms with van der Waals surface area (Å²) in [7, 11) is 0. The Kier molecular flexibility index (Phi) is 8.70. The summed E-state index contributed by atoms with van der Waals surface area (Å²) in [6.45, 7) is 13.4. The van der Waals surface area contributed by atoms with Gasteiger partial charge in [0.25, 0.3) is 0 Å². The molecule has 0 bridgehead atoms. The van der Waals surface area contributed by atoms with E-state index >= 15 is 0 Å². The third kappa shape index (κ3) is 7.38. The molecular formula is C17H35N3O2. The molecule has 0 saturated carbocycles. The standard InChI is InChI=1S/C17H35N3O2/c1-17(21)16-20(11-10-18-6-2-3-7-18)13-15-22-14-12-19-8-4-5-9-19/h17,21H,2-16H2,1H3. The van der Waals surface area contributed by atoms with Gasteiger partial charge in [-0.05, 0) is 58.8 Å². The summed E-state index contributed by atoms with van der Waals surface area (Å²) in [5.41, 5.74) is 0. The van der Waals surface area contributed by atoms with Crippen LogP contribution in [0.1, 0.15) is 32.6 Å². The zero-order valence-electron chi connectivity index (χ0n) is 14.4. The molecule has 0 aliphatic carbocycles. The second-order valence-electron chi connectivity index (χ2n) is 6.86. The fourth-order valence-electron chi connectivity index (χ4n) is 3.45. The van der Waals surface area contributed by atoms with Gasteiger partial charge in [0.1, 0.15) is 0 Å². The summed E-state index contributed by atoms with van der Waals surface area (Å²) in [6.07, 6.45) is 5.12. The molecule has 0 spiro atoms. The lowest BCUT2D eigenvalue weighted by molar-refractivity contribution is 0.0659. The molecule has 1 N–H and O–H groups in total. The van der Waals surface area contributed by atoms with E-state index in [1.54, 1.807) is 0 Å². The van der Waals surface area contributed by atoms with Crippen LogP contribution >= 0.6 is 0 Å². The number of ether oxygens (including phenoxy) is 1. The Hall–Kier alpha value is -0.200. The van der Waals surface area contributed by atoms with Crippen molar-refractivity contribution in [3.8, 4) is 0 Å². The van der Waals surface area contributed by atoms with Gasteiger partial charge in [-0.15, -0.1) is 0 Å². The van der Waals surface area contributed by atoms with Gasteiger partial charge < -0.3 is 19.6 Å². The molecular weight excluding hydrogens is 278 g/mol. The molecule has 2 aliphatic heterocycles. The molecule has 2 saturated heterocycles. The average molecular weight is 313 g/mol. The molecule has 2 aliphatic rings. The van der Waals surface area contributed by atoms with Gasteiger partial charge in [0.2, 0.25) is 0 Å². The zero-order valence-corrected chi connectivity index (χ0v) is 14.4. The number of nitrogens with zero attached hydrogens (tertiary/aromatic N) is 3. The Balaban J connectivity index is 1.54. The van der Waals surface area contributed by atoms with E-state index in [-0.39, 0.29) is 6.10 Å². The Morgan fingerprint density at radius 3 is 2.09 bits per heavy atom. The van der Waals surface area contributed by atoms with Gasteiger partial charge in [0.15, 0.2) is 0 Å². The summed E-state index contributed by atoms with van der Waals surface area (Å²) in [5, 5.41) is 9.66. The van der Waals surface area contributed by atoms with E-state index in [4.69, 9.17) is 4.74 Å². The molecule has 0 aromatic rings. The fourth-order valence-corrected chi connectivity index (χ4v) is 3.45. The highest BCUT2D eigenvalue weighted by molar-refractivity contribution is 4.70. The first kappa shape index (κ1) is 18.1. The Bertz CT molecular complexity index is 277. The topological polar surface area (TPSA) is 39.2 Å². The Morgan fingerprint density at radius 2 is 1.50 bits per heavy atom. The van der Waals surface area contributed by atoms with Crippen LogP contribution in [-0.4, -0.2) is 98.0 Å². The van der Waals surface area contributed by atoms with Crippen LogP contribution in [0.25, 0.3) is 0 Å². The molecule has 0 radical (unpaired) electrons. The van der Waals surface area contributed by atoms with Crippen molar-refractivity contribution in [3.05, 3.63) is 0 Å². The highest BCUT2D eigenvalue weighted by Gasteiger charge is 2.14. The van der Waals surface area contributed by atoms with E-state index in [1.807, 2.05) is 6.92 Å². The number of likely N-dealkylation sites (tertiary alicyclic amines) is 2. The van der Waals surface area contributed by atoms with Crippen molar-refractivity contribution in [2.75, 3.05) is 72.1 Å². The van der Waals surface area contributed by atoms with Crippen molar-refractivity contribution in [2.24, 2.45) is 0 Å². The largest absolute Gasteiger partial charge is 0.392 e. The highest BCUT2D eigenvalue weighted by Crippen LogP contribution is 2.07. The molecule has 130 valence electrons. The minimum Gasteiger partial charge on any atom is -0.392 e. The number of hydrogen-bond donors (Lipinski definition) is 1. The third-order valence-electron chi connectivity index (χ3n) is 4.76. The second kappa shape index (κ2) is 10.6. The maximum Gasteiger partial charge on any atom is 0.0639 e. The normalized spacial score (nSPS) is 22.0. The molecule has 5 heteroatoms. The summed E-state index contributed by atoms with van der Waals surface area (Å²) in [4.78, 5) is 7.36. The quantitative estimate of drug-likeness (QED) is 0.573. The minimum atomic E-state index is -0.261. The van der Waals surface area contributed by atoms with Crippen molar-refractivity contribution < 1.29 is 9.84 Å². The van der Waals surface area contributed by atoms with Crippen molar-refractivity contribution in [3.63, 3.8) is 0 Å². The lowest BCUT2D eigenvalue weighted by Gasteiger charge is -2.26. The average Bonchev–Trinajstić information content (AvgIpc) is 3.17. The maximum atomic E-state index is 9.66. The Labute approximate surface area is 136 Å². The monoisotopic (exact) mass is 313 g/mol. The summed E-state index contributed by atoms with van der Waals surface area (Å²) in [5.74, 6) is 0. The van der Waals surface area contributed by atoms with Crippen LogP contribution in [0, 0.1) is 0 Å². The van der Waals surface area contributed by atoms with Gasteiger partial charge in [-0.1, -0.05) is 0 Å². The predicted molar refractivity (Wildman–Crippen MR) is 90.3 cm³/mol. The highest BCUT2D eigenvalue weighted by atomic mass is 16.5. The molecule has 22 heavy (non-hydrogen) atoms. The summed E-state index contributed by atoms with van der Waals surface area (Å²) in [6, 6.07) is 0. The van der Waals surface area contributed by atoms with Gasteiger partial charge in [-0.25, -0.2) is 0 Å². The summed E-state index contributed by atoms with van der Waals surface area (Å²) >= 11 is 0. The van der Waals surface area contributed by atoms with Crippen molar-refractivity contribution >= 4 is 0 Å². The molecule has 2 fully saturated rings. The van der Waals surface area contributed by atoms with Crippen LogP contribution in [0.15, 0.2) is 0 Å². The van der Waals surface area contributed by atoms with Crippen LogP contribution in [0.5, 0.6) is 0 Å². The molecule has 2 rings (SSSR count). The van der Waals surface area contributed by atoms with Crippen LogP contribution in [0.4, 0.5) is 0 Å². The third-order valence-corrected chi connectivity index (χ3v) is 4.76. The zero-order chi connectivity index (χ0) is 15.6. The van der Waals surface area contributed by atoms with E-state index in [9.17, 15) is 5.11 Å². The van der Waals surface area contributed by atoms with E-state index in [1.165, 1.54) is 51.9 Å². The van der Waals surface area contributed by atoms with Crippen molar-refractivity contribution in [2.45, 2.75) is 38.7 Å². The number of aliphatic hydroxyl groups excluding tert-OH is 1. The van der Waals surface area contributed by atoms with Crippen LogP contribution in [0.2, 0.25) is 0 Å². The molecule has 0 amide bonds. The first-order valence-corrected chi connectivity index (χ1v) is 9.17. The minimum absolute atomic E-state index is 0.261. The number of aliphatic hydroxyl groups is 1. The number of rotatable bonds is 11. The lowest BCUT2D eigenvalue weighted by Crippen LogP contribution is -2.39. The first-order valence-electron chi connectivity index (χ1n) is 9.17. The lowest BCUT2D eigenvalue weighted by atomic mass is 10.3. The van der Waals surface area contributed by atoms with Crippen molar-refractivity contribution in [1.29, 1.82) is 0 Å². The smallest absolute Gasteiger partial charge is 0.0639 e. The molecule has 1 unspecified atom stereocenters. The molecule has 2 heterocycles. The van der Waals surface area contributed by atoms with Gasteiger partial charge in [-0.2, -0.15) is 0 Å². The maximum absolute atomic E-state index is 9.66. The van der Waals surface area contributed by atoms with Crippen LogP contribution in [0.3, 0.4) is 0 Å². The van der Waals surface area contributed by atoms with Crippen molar-refractivity contribution in [1.82, 2.24) is 14.7 Å². The Morgan fingerprint density at radius 1 is 0.909 bits per heavy atom. The van der Waals surface area contributed by atoms with Gasteiger partial charge in [-0.3, -0.25) is 4.90 Å². The van der Waals surface area contributed by atoms with Gasteiger partial charge >= 0.3 is 0 Å². The molecule has 5 nitrogen and oxygen atoms in total. The SMILES string of the molecule is CC(O)CN(CCOCCN1CCCC1)CCN1CCCC1. The fraction of sp³-hybridized carbons (Fsp3) is 1.00. The van der Waals surface area contributed by atoms with E-state index < -0.39 is 0 Å². The molecule has 1 atom stereocenters. The van der Waals surface area contributed by atoms with E-state index in [0.717, 1.165) is 45.9 Å². The van der Waals surface area contributed by atoms with Crippen LogP contribution in [-0.2, 0) is 4.74 Å².